The Kier molecular flexibility index (Phi) is 5.10. The van der Waals surface area contributed by atoms with Gasteiger partial charge in [0.05, 0.1) is 0 Å². The van der Waals surface area contributed by atoms with Gasteiger partial charge >= 0.3 is 0 Å². The van der Waals surface area contributed by atoms with E-state index in [1.807, 2.05) is 12.1 Å². The lowest BCUT2D eigenvalue weighted by atomic mass is 9.98. The number of nitrogen functional groups attached to an aromatic ring is 1. The maximum atomic E-state index is 5.69. The SMILES string of the molecule is CCCN1CC[C@@H](c2ccc(N)cc2)C1.Cl. The molecule has 0 bridgehead atoms. The molecule has 2 rings (SSSR count). The van der Waals surface area contributed by atoms with E-state index < -0.39 is 0 Å². The van der Waals surface area contributed by atoms with Crippen LogP contribution in [0.3, 0.4) is 0 Å². The van der Waals surface area contributed by atoms with E-state index in [4.69, 9.17) is 5.73 Å². The Balaban J connectivity index is 0.00000128. The molecular formula is C13H21ClN2. The van der Waals surface area contributed by atoms with Crippen molar-refractivity contribution in [2.75, 3.05) is 25.4 Å². The van der Waals surface area contributed by atoms with Gasteiger partial charge in [-0.2, -0.15) is 0 Å². The summed E-state index contributed by atoms with van der Waals surface area (Å²) in [6.07, 6.45) is 2.55. The summed E-state index contributed by atoms with van der Waals surface area (Å²) in [5.74, 6) is 0.720. The molecule has 3 heteroatoms. The smallest absolute Gasteiger partial charge is 0.0314 e. The second kappa shape index (κ2) is 6.12. The first kappa shape index (κ1) is 13.3. The molecule has 2 N–H and O–H groups in total. The molecule has 0 aliphatic carbocycles. The number of hydrogen-bond acceptors (Lipinski definition) is 2. The van der Waals surface area contributed by atoms with Crippen LogP contribution in [0.25, 0.3) is 0 Å². The van der Waals surface area contributed by atoms with Crippen molar-refractivity contribution in [3.05, 3.63) is 29.8 Å². The molecule has 0 spiro atoms. The first-order chi connectivity index (χ1) is 7.29. The fraction of sp³-hybridized carbons (Fsp3) is 0.538. The first-order valence-electron chi connectivity index (χ1n) is 5.87. The van der Waals surface area contributed by atoms with E-state index in [9.17, 15) is 0 Å². The lowest BCUT2D eigenvalue weighted by Gasteiger charge is -2.14. The van der Waals surface area contributed by atoms with Crippen molar-refractivity contribution >= 4 is 18.1 Å². The number of nitrogens with two attached hydrogens (primary N) is 1. The van der Waals surface area contributed by atoms with E-state index >= 15 is 0 Å². The average molecular weight is 241 g/mol. The maximum absolute atomic E-state index is 5.69. The third-order valence-corrected chi connectivity index (χ3v) is 3.22. The van der Waals surface area contributed by atoms with Crippen LogP contribution in [0.2, 0.25) is 0 Å². The molecule has 90 valence electrons. The number of likely N-dealkylation sites (tertiary alicyclic amines) is 1. The van der Waals surface area contributed by atoms with Gasteiger partial charge < -0.3 is 10.6 Å². The average Bonchev–Trinajstić information content (AvgIpc) is 2.68. The van der Waals surface area contributed by atoms with Crippen molar-refractivity contribution in [1.82, 2.24) is 4.90 Å². The molecule has 16 heavy (non-hydrogen) atoms. The van der Waals surface area contributed by atoms with Gasteiger partial charge in [-0.1, -0.05) is 19.1 Å². The number of rotatable bonds is 3. The Bertz CT molecular complexity index is 310. The quantitative estimate of drug-likeness (QED) is 0.824. The molecule has 0 radical (unpaired) electrons. The van der Waals surface area contributed by atoms with Crippen LogP contribution in [-0.2, 0) is 0 Å². The largest absolute Gasteiger partial charge is 0.399 e. The molecule has 2 nitrogen and oxygen atoms in total. The summed E-state index contributed by atoms with van der Waals surface area (Å²) in [7, 11) is 0. The zero-order valence-electron chi connectivity index (χ0n) is 9.86. The molecule has 1 heterocycles. The van der Waals surface area contributed by atoms with Crippen LogP contribution in [0.4, 0.5) is 5.69 Å². The minimum atomic E-state index is 0. The topological polar surface area (TPSA) is 29.3 Å². The normalized spacial score (nSPS) is 20.7. The van der Waals surface area contributed by atoms with Crippen LogP contribution in [0, 0.1) is 0 Å². The van der Waals surface area contributed by atoms with Crippen LogP contribution < -0.4 is 5.73 Å². The summed E-state index contributed by atoms with van der Waals surface area (Å²) in [6.45, 7) is 5.96. The molecule has 0 amide bonds. The van der Waals surface area contributed by atoms with Gasteiger partial charge in [-0.3, -0.25) is 0 Å². The number of hydrogen-bond donors (Lipinski definition) is 1. The monoisotopic (exact) mass is 240 g/mol. The van der Waals surface area contributed by atoms with E-state index in [1.54, 1.807) is 0 Å². The van der Waals surface area contributed by atoms with Gasteiger partial charge in [0.25, 0.3) is 0 Å². The lowest BCUT2D eigenvalue weighted by molar-refractivity contribution is 0.335. The number of halogens is 1. The third-order valence-electron chi connectivity index (χ3n) is 3.22. The van der Waals surface area contributed by atoms with Crippen LogP contribution in [0.1, 0.15) is 31.2 Å². The molecule has 1 aromatic rings. The Morgan fingerprint density at radius 3 is 2.62 bits per heavy atom. The molecule has 1 fully saturated rings. The highest BCUT2D eigenvalue weighted by atomic mass is 35.5. The standard InChI is InChI=1S/C13H20N2.ClH/c1-2-8-15-9-7-12(10-15)11-3-5-13(14)6-4-11;/h3-6,12H,2,7-10,14H2,1H3;1H/t12-;/m1./s1. The number of anilines is 1. The minimum Gasteiger partial charge on any atom is -0.399 e. The second-order valence-corrected chi connectivity index (χ2v) is 4.45. The maximum Gasteiger partial charge on any atom is 0.0314 e. The predicted molar refractivity (Wildman–Crippen MR) is 72.2 cm³/mol. The Hall–Kier alpha value is -0.730. The number of benzene rings is 1. The fourth-order valence-electron chi connectivity index (χ4n) is 2.39. The van der Waals surface area contributed by atoms with E-state index in [-0.39, 0.29) is 12.4 Å². The van der Waals surface area contributed by atoms with E-state index in [2.05, 4.69) is 24.0 Å². The van der Waals surface area contributed by atoms with Crippen molar-refractivity contribution in [2.45, 2.75) is 25.7 Å². The van der Waals surface area contributed by atoms with Gasteiger partial charge in [0.2, 0.25) is 0 Å². The Labute approximate surface area is 104 Å². The summed E-state index contributed by atoms with van der Waals surface area (Å²) in [5, 5.41) is 0. The summed E-state index contributed by atoms with van der Waals surface area (Å²) in [4.78, 5) is 2.56. The van der Waals surface area contributed by atoms with Crippen LogP contribution >= 0.6 is 12.4 Å². The van der Waals surface area contributed by atoms with Gasteiger partial charge in [-0.15, -0.1) is 12.4 Å². The highest BCUT2D eigenvalue weighted by Gasteiger charge is 2.22. The van der Waals surface area contributed by atoms with Gasteiger partial charge in [0.15, 0.2) is 0 Å². The third kappa shape index (κ3) is 3.13. The predicted octanol–water partition coefficient (Wildman–Crippen LogP) is 2.89. The molecule has 1 atom stereocenters. The molecule has 1 aliphatic rings. The van der Waals surface area contributed by atoms with Crippen molar-refractivity contribution in [1.29, 1.82) is 0 Å². The van der Waals surface area contributed by atoms with Gasteiger partial charge in [-0.25, -0.2) is 0 Å². The molecule has 1 saturated heterocycles. The van der Waals surface area contributed by atoms with Crippen molar-refractivity contribution in [2.24, 2.45) is 0 Å². The molecule has 0 saturated carbocycles. The molecule has 0 unspecified atom stereocenters. The molecule has 1 aromatic carbocycles. The van der Waals surface area contributed by atoms with E-state index in [0.29, 0.717) is 0 Å². The van der Waals surface area contributed by atoms with Gasteiger partial charge in [0.1, 0.15) is 0 Å². The minimum absolute atomic E-state index is 0. The van der Waals surface area contributed by atoms with Gasteiger partial charge in [-0.05, 0) is 49.5 Å². The van der Waals surface area contributed by atoms with E-state index in [0.717, 1.165) is 11.6 Å². The van der Waals surface area contributed by atoms with Crippen molar-refractivity contribution in [3.63, 3.8) is 0 Å². The van der Waals surface area contributed by atoms with Crippen molar-refractivity contribution < 1.29 is 0 Å². The fourth-order valence-corrected chi connectivity index (χ4v) is 2.39. The lowest BCUT2D eigenvalue weighted by Crippen LogP contribution is -2.20. The Morgan fingerprint density at radius 2 is 2.00 bits per heavy atom. The summed E-state index contributed by atoms with van der Waals surface area (Å²) >= 11 is 0. The highest BCUT2D eigenvalue weighted by Crippen LogP contribution is 2.27. The van der Waals surface area contributed by atoms with Crippen LogP contribution in [0.5, 0.6) is 0 Å². The number of nitrogens with zero attached hydrogens (tertiary/aromatic N) is 1. The summed E-state index contributed by atoms with van der Waals surface area (Å²) in [6, 6.07) is 8.38. The first-order valence-corrected chi connectivity index (χ1v) is 5.87. The molecule has 0 aromatic heterocycles. The van der Waals surface area contributed by atoms with E-state index in [1.165, 1.54) is 38.0 Å². The summed E-state index contributed by atoms with van der Waals surface area (Å²) < 4.78 is 0. The molecular weight excluding hydrogens is 220 g/mol. The summed E-state index contributed by atoms with van der Waals surface area (Å²) in [5.41, 5.74) is 8.00. The van der Waals surface area contributed by atoms with Crippen LogP contribution in [-0.4, -0.2) is 24.5 Å². The van der Waals surface area contributed by atoms with Crippen molar-refractivity contribution in [3.8, 4) is 0 Å². The van der Waals surface area contributed by atoms with Crippen LogP contribution in [0.15, 0.2) is 24.3 Å². The zero-order valence-corrected chi connectivity index (χ0v) is 10.7. The Morgan fingerprint density at radius 1 is 1.31 bits per heavy atom. The highest BCUT2D eigenvalue weighted by molar-refractivity contribution is 5.85. The van der Waals surface area contributed by atoms with Gasteiger partial charge in [0, 0.05) is 12.2 Å². The zero-order chi connectivity index (χ0) is 10.7. The second-order valence-electron chi connectivity index (χ2n) is 4.45. The molecule has 1 aliphatic heterocycles.